The predicted molar refractivity (Wildman–Crippen MR) is 102 cm³/mol. The summed E-state index contributed by atoms with van der Waals surface area (Å²) in [6, 6.07) is 18.4. The van der Waals surface area contributed by atoms with Crippen LogP contribution in [0.1, 0.15) is 47.5 Å². The van der Waals surface area contributed by atoms with Crippen molar-refractivity contribution in [2.45, 2.75) is 41.9 Å². The van der Waals surface area contributed by atoms with E-state index in [0.29, 0.717) is 18.4 Å². The van der Waals surface area contributed by atoms with E-state index in [4.69, 9.17) is 23.2 Å². The SMILES string of the molecule is O=C(c1ccccc1)[C@H](Cl)[C@H](c1ccccc1)[C@]1(Cl)CCCCC1=O. The average Bonchev–Trinajstić information content (AvgIpc) is 2.65. The number of ketones is 2. The molecule has 1 saturated carbocycles. The molecule has 0 saturated heterocycles. The molecule has 4 heteroatoms. The highest BCUT2D eigenvalue weighted by molar-refractivity contribution is 6.40. The number of rotatable bonds is 5. The molecule has 3 atom stereocenters. The quantitative estimate of drug-likeness (QED) is 0.519. The third-order valence-corrected chi connectivity index (χ3v) is 6.00. The molecule has 0 N–H and O–H groups in total. The van der Waals surface area contributed by atoms with Crippen LogP contribution in [-0.2, 0) is 4.79 Å². The summed E-state index contributed by atoms with van der Waals surface area (Å²) in [5.41, 5.74) is 1.36. The molecule has 0 aliphatic heterocycles. The fraction of sp³-hybridized carbons (Fsp3) is 0.333. The summed E-state index contributed by atoms with van der Waals surface area (Å²) in [5, 5.41) is -0.899. The summed E-state index contributed by atoms with van der Waals surface area (Å²) >= 11 is 13.5. The molecule has 25 heavy (non-hydrogen) atoms. The minimum absolute atomic E-state index is 0.0132. The molecule has 0 bridgehead atoms. The Kier molecular flexibility index (Phi) is 5.61. The largest absolute Gasteiger partial charge is 0.298 e. The van der Waals surface area contributed by atoms with Gasteiger partial charge >= 0.3 is 0 Å². The molecule has 0 amide bonds. The van der Waals surface area contributed by atoms with Crippen LogP contribution in [0.5, 0.6) is 0 Å². The van der Waals surface area contributed by atoms with Crippen molar-refractivity contribution in [1.82, 2.24) is 0 Å². The smallest absolute Gasteiger partial charge is 0.181 e. The van der Waals surface area contributed by atoms with Gasteiger partial charge in [-0.15, -0.1) is 23.2 Å². The first-order valence-electron chi connectivity index (χ1n) is 8.54. The predicted octanol–water partition coefficient (Wildman–Crippen LogP) is 5.38. The number of hydrogen-bond acceptors (Lipinski definition) is 2. The molecule has 0 spiro atoms. The van der Waals surface area contributed by atoms with Crippen LogP contribution in [0.2, 0.25) is 0 Å². The van der Waals surface area contributed by atoms with Crippen molar-refractivity contribution in [3.05, 3.63) is 71.8 Å². The van der Waals surface area contributed by atoms with Gasteiger partial charge in [0.2, 0.25) is 0 Å². The Morgan fingerprint density at radius 2 is 1.56 bits per heavy atom. The van der Waals surface area contributed by atoms with E-state index in [1.165, 1.54) is 0 Å². The molecule has 2 nitrogen and oxygen atoms in total. The lowest BCUT2D eigenvalue weighted by molar-refractivity contribution is -0.123. The lowest BCUT2D eigenvalue weighted by Crippen LogP contribution is -2.46. The van der Waals surface area contributed by atoms with E-state index in [-0.39, 0.29) is 11.6 Å². The minimum atomic E-state index is -1.13. The second-order valence-corrected chi connectivity index (χ2v) is 7.66. The van der Waals surface area contributed by atoms with Gasteiger partial charge in [0, 0.05) is 17.9 Å². The lowest BCUT2D eigenvalue weighted by atomic mass is 9.72. The van der Waals surface area contributed by atoms with E-state index in [0.717, 1.165) is 18.4 Å². The number of carbonyl (C=O) groups excluding carboxylic acids is 2. The van der Waals surface area contributed by atoms with Crippen molar-refractivity contribution >= 4 is 34.8 Å². The Balaban J connectivity index is 2.02. The minimum Gasteiger partial charge on any atom is -0.298 e. The Morgan fingerprint density at radius 3 is 2.16 bits per heavy atom. The maximum atomic E-state index is 12.9. The fourth-order valence-corrected chi connectivity index (χ4v) is 4.61. The summed E-state index contributed by atoms with van der Waals surface area (Å²) in [6.45, 7) is 0. The first-order valence-corrected chi connectivity index (χ1v) is 9.36. The highest BCUT2D eigenvalue weighted by Crippen LogP contribution is 2.46. The van der Waals surface area contributed by atoms with Gasteiger partial charge in [-0.1, -0.05) is 67.1 Å². The first kappa shape index (κ1) is 18.2. The Hall–Kier alpha value is -1.64. The zero-order chi connectivity index (χ0) is 17.9. The maximum Gasteiger partial charge on any atom is 0.181 e. The van der Waals surface area contributed by atoms with Crippen LogP contribution in [-0.4, -0.2) is 21.8 Å². The van der Waals surface area contributed by atoms with Gasteiger partial charge in [-0.25, -0.2) is 0 Å². The molecule has 1 aliphatic rings. The lowest BCUT2D eigenvalue weighted by Gasteiger charge is -2.39. The van der Waals surface area contributed by atoms with E-state index < -0.39 is 16.2 Å². The van der Waals surface area contributed by atoms with Gasteiger partial charge in [-0.3, -0.25) is 9.59 Å². The van der Waals surface area contributed by atoms with E-state index >= 15 is 0 Å². The van der Waals surface area contributed by atoms with E-state index in [9.17, 15) is 9.59 Å². The van der Waals surface area contributed by atoms with Crippen molar-refractivity contribution in [2.24, 2.45) is 0 Å². The van der Waals surface area contributed by atoms with Gasteiger partial charge in [0.15, 0.2) is 11.6 Å². The highest BCUT2D eigenvalue weighted by atomic mass is 35.5. The van der Waals surface area contributed by atoms with Crippen molar-refractivity contribution in [3.8, 4) is 0 Å². The molecule has 1 aliphatic carbocycles. The summed E-state index contributed by atoms with van der Waals surface area (Å²) in [4.78, 5) is 24.5. The van der Waals surface area contributed by atoms with Gasteiger partial charge in [-0.05, 0) is 18.4 Å². The number of Topliss-reactive ketones (excluding diaryl/α,β-unsaturated/α-hetero) is 2. The highest BCUT2D eigenvalue weighted by Gasteiger charge is 2.50. The molecular formula is C21H20Cl2O2. The van der Waals surface area contributed by atoms with Crippen LogP contribution < -0.4 is 0 Å². The average molecular weight is 375 g/mol. The van der Waals surface area contributed by atoms with Gasteiger partial charge in [0.1, 0.15) is 10.3 Å². The van der Waals surface area contributed by atoms with Crippen LogP contribution in [0.4, 0.5) is 0 Å². The molecule has 0 heterocycles. The van der Waals surface area contributed by atoms with Crippen molar-refractivity contribution < 1.29 is 9.59 Å². The molecule has 2 aromatic rings. The van der Waals surface area contributed by atoms with Gasteiger partial charge in [0.25, 0.3) is 0 Å². The van der Waals surface area contributed by atoms with Crippen LogP contribution in [0, 0.1) is 0 Å². The Morgan fingerprint density at radius 1 is 0.960 bits per heavy atom. The molecule has 0 radical (unpaired) electrons. The topological polar surface area (TPSA) is 34.1 Å². The second-order valence-electron chi connectivity index (χ2n) is 6.51. The molecule has 2 aromatic carbocycles. The van der Waals surface area contributed by atoms with Crippen LogP contribution in [0.25, 0.3) is 0 Å². The summed E-state index contributed by atoms with van der Waals surface area (Å²) in [5.74, 6) is -0.771. The summed E-state index contributed by atoms with van der Waals surface area (Å²) in [6.07, 6.45) is 2.68. The van der Waals surface area contributed by atoms with Crippen molar-refractivity contribution in [1.29, 1.82) is 0 Å². The van der Waals surface area contributed by atoms with Gasteiger partial charge in [0.05, 0.1) is 0 Å². The van der Waals surface area contributed by atoms with Crippen molar-refractivity contribution in [2.75, 3.05) is 0 Å². The maximum absolute atomic E-state index is 12.9. The first-order chi connectivity index (χ1) is 12.0. The second kappa shape index (κ2) is 7.72. The number of halogens is 2. The van der Waals surface area contributed by atoms with Crippen molar-refractivity contribution in [3.63, 3.8) is 0 Å². The summed E-state index contributed by atoms with van der Waals surface area (Å²) < 4.78 is 0. The Labute approximate surface area is 158 Å². The van der Waals surface area contributed by atoms with Crippen LogP contribution in [0.3, 0.4) is 0 Å². The fourth-order valence-electron chi connectivity index (χ4n) is 3.58. The molecule has 1 fully saturated rings. The molecule has 0 unspecified atom stereocenters. The third-order valence-electron chi connectivity index (χ3n) is 4.91. The monoisotopic (exact) mass is 374 g/mol. The third kappa shape index (κ3) is 3.65. The zero-order valence-corrected chi connectivity index (χ0v) is 15.3. The molecule has 3 rings (SSSR count). The van der Waals surface area contributed by atoms with Crippen LogP contribution in [0.15, 0.2) is 60.7 Å². The van der Waals surface area contributed by atoms with E-state index in [1.54, 1.807) is 24.3 Å². The molecule has 130 valence electrons. The Bertz CT molecular complexity index is 745. The standard InChI is InChI=1S/C21H20Cl2O2/c22-19(20(25)16-11-5-2-6-12-16)18(15-9-3-1-4-10-15)21(23)14-8-7-13-17(21)24/h1-6,9-12,18-19H,7-8,13-14H2/t18-,19+,21-/m0/s1. The number of carbonyl (C=O) groups is 2. The molecular weight excluding hydrogens is 355 g/mol. The summed E-state index contributed by atoms with van der Waals surface area (Å²) in [7, 11) is 0. The van der Waals surface area contributed by atoms with E-state index in [1.807, 2.05) is 36.4 Å². The molecule has 0 aromatic heterocycles. The zero-order valence-electron chi connectivity index (χ0n) is 13.8. The number of hydrogen-bond donors (Lipinski definition) is 0. The van der Waals surface area contributed by atoms with Crippen LogP contribution >= 0.6 is 23.2 Å². The normalized spacial score (nSPS) is 23.0. The van der Waals surface area contributed by atoms with E-state index in [2.05, 4.69) is 0 Å². The number of alkyl halides is 2. The number of benzene rings is 2. The van der Waals surface area contributed by atoms with Gasteiger partial charge < -0.3 is 0 Å². The van der Waals surface area contributed by atoms with Gasteiger partial charge in [-0.2, -0.15) is 0 Å².